The molecule has 0 aliphatic carbocycles. The van der Waals surface area contributed by atoms with Crippen LogP contribution in [-0.2, 0) is 5.60 Å². The average molecular weight is 392 g/mol. The summed E-state index contributed by atoms with van der Waals surface area (Å²) in [5, 5.41) is 12.4. The third-order valence-corrected chi connectivity index (χ3v) is 5.56. The van der Waals surface area contributed by atoms with Crippen molar-refractivity contribution in [1.29, 1.82) is 0 Å². The highest BCUT2D eigenvalue weighted by molar-refractivity contribution is 5.56. The van der Waals surface area contributed by atoms with E-state index in [2.05, 4.69) is 17.9 Å². The van der Waals surface area contributed by atoms with Gasteiger partial charge in [-0.2, -0.15) is 0 Å². The Bertz CT molecular complexity index is 955. The summed E-state index contributed by atoms with van der Waals surface area (Å²) in [5.41, 5.74) is 1.86. The molecule has 4 nitrogen and oxygen atoms in total. The van der Waals surface area contributed by atoms with Gasteiger partial charge in [0.25, 0.3) is 0 Å². The maximum absolute atomic E-state index is 12.4. The van der Waals surface area contributed by atoms with E-state index in [4.69, 9.17) is 9.47 Å². The molecule has 0 heterocycles. The number of rotatable bonds is 7. The van der Waals surface area contributed by atoms with E-state index in [1.807, 2.05) is 80.8 Å². The van der Waals surface area contributed by atoms with E-state index in [0.717, 1.165) is 16.7 Å². The minimum absolute atomic E-state index is 0.109. The molecular weight excluding hydrogens is 362 g/mol. The van der Waals surface area contributed by atoms with Gasteiger partial charge in [0.05, 0.1) is 14.2 Å². The maximum atomic E-state index is 12.4. The van der Waals surface area contributed by atoms with Crippen LogP contribution in [0.3, 0.4) is 0 Å². The minimum Gasteiger partial charge on any atom is -0.497 e. The molecule has 0 radical (unpaired) electrons. The van der Waals surface area contributed by atoms with Gasteiger partial charge < -0.3 is 19.5 Å². The topological polar surface area (TPSA) is 41.9 Å². The zero-order chi connectivity index (χ0) is 21.0. The minimum atomic E-state index is -1.41. The van der Waals surface area contributed by atoms with Gasteiger partial charge in [-0.1, -0.05) is 54.6 Å². The van der Waals surface area contributed by atoms with Crippen molar-refractivity contribution in [2.45, 2.75) is 18.6 Å². The molecule has 4 heteroatoms. The lowest BCUT2D eigenvalue weighted by atomic mass is 9.76. The van der Waals surface area contributed by atoms with E-state index in [1.165, 1.54) is 0 Å². The lowest BCUT2D eigenvalue weighted by molar-refractivity contribution is 0.119. The van der Waals surface area contributed by atoms with E-state index in [1.54, 1.807) is 14.2 Å². The number of methoxy groups -OCH3 is 2. The Morgan fingerprint density at radius 3 is 2.10 bits per heavy atom. The Balaban J connectivity index is 2.38. The van der Waals surface area contributed by atoms with Crippen molar-refractivity contribution in [3.63, 3.8) is 0 Å². The molecule has 3 rings (SSSR count). The highest BCUT2D eigenvalue weighted by atomic mass is 16.5. The van der Waals surface area contributed by atoms with Gasteiger partial charge in [0, 0.05) is 11.6 Å². The molecule has 0 aliphatic heterocycles. The van der Waals surface area contributed by atoms with Gasteiger partial charge in [-0.05, 0) is 55.9 Å². The van der Waals surface area contributed by atoms with Crippen molar-refractivity contribution in [2.75, 3.05) is 28.3 Å². The van der Waals surface area contributed by atoms with Crippen LogP contribution in [0.5, 0.6) is 11.5 Å². The van der Waals surface area contributed by atoms with Crippen LogP contribution in [0.4, 0.5) is 0 Å². The second kappa shape index (κ2) is 8.68. The molecule has 0 bridgehead atoms. The van der Waals surface area contributed by atoms with E-state index >= 15 is 0 Å². The molecule has 29 heavy (non-hydrogen) atoms. The van der Waals surface area contributed by atoms with Crippen LogP contribution < -0.4 is 9.47 Å². The van der Waals surface area contributed by atoms with Gasteiger partial charge in [0.2, 0.25) is 0 Å². The lowest BCUT2D eigenvalue weighted by Gasteiger charge is -2.35. The Kier molecular flexibility index (Phi) is 6.26. The van der Waals surface area contributed by atoms with Crippen LogP contribution in [0.2, 0.25) is 0 Å². The first-order valence-corrected chi connectivity index (χ1v) is 9.69. The first-order chi connectivity index (χ1) is 13.9. The van der Waals surface area contributed by atoms with E-state index in [-0.39, 0.29) is 6.04 Å². The largest absolute Gasteiger partial charge is 0.497 e. The van der Waals surface area contributed by atoms with Gasteiger partial charge in [-0.25, -0.2) is 0 Å². The molecule has 3 aromatic rings. The van der Waals surface area contributed by atoms with Crippen LogP contribution in [0.1, 0.15) is 35.2 Å². The van der Waals surface area contributed by atoms with Gasteiger partial charge >= 0.3 is 0 Å². The predicted octanol–water partition coefficient (Wildman–Crippen LogP) is 4.61. The smallest absolute Gasteiger partial charge is 0.144 e. The monoisotopic (exact) mass is 391 g/mol. The number of hydrogen-bond acceptors (Lipinski definition) is 4. The van der Waals surface area contributed by atoms with Crippen molar-refractivity contribution in [1.82, 2.24) is 4.90 Å². The lowest BCUT2D eigenvalue weighted by Crippen LogP contribution is -2.32. The standard InChI is InChI=1S/C25H29NO3/c1-18(26(2)3)21-13-9-10-14-22(21)25(27,19-11-7-6-8-12-19)23-17-20(28-4)15-16-24(23)29-5/h6-18,27H,1-5H3/t18-,25-/m1/s1. The van der Waals surface area contributed by atoms with E-state index in [9.17, 15) is 5.11 Å². The number of aliphatic hydroxyl groups is 1. The second-order valence-corrected chi connectivity index (χ2v) is 7.37. The summed E-state index contributed by atoms with van der Waals surface area (Å²) in [7, 11) is 7.31. The van der Waals surface area contributed by atoms with Gasteiger partial charge in [0.15, 0.2) is 0 Å². The summed E-state index contributed by atoms with van der Waals surface area (Å²) in [5.74, 6) is 1.26. The van der Waals surface area contributed by atoms with Crippen molar-refractivity contribution in [2.24, 2.45) is 0 Å². The molecular formula is C25H29NO3. The Morgan fingerprint density at radius 1 is 0.828 bits per heavy atom. The molecule has 0 unspecified atom stereocenters. The Hall–Kier alpha value is -2.82. The SMILES string of the molecule is COc1ccc(OC)c([C@@](O)(c2ccccc2)c2ccccc2[C@@H](C)N(C)C)c1. The summed E-state index contributed by atoms with van der Waals surface area (Å²) in [6.45, 7) is 2.13. The zero-order valence-electron chi connectivity index (χ0n) is 17.7. The summed E-state index contributed by atoms with van der Waals surface area (Å²) in [4.78, 5) is 2.13. The van der Waals surface area contributed by atoms with Crippen molar-refractivity contribution in [3.8, 4) is 11.5 Å². The number of benzene rings is 3. The van der Waals surface area contributed by atoms with Crippen LogP contribution in [0.25, 0.3) is 0 Å². The fourth-order valence-electron chi connectivity index (χ4n) is 3.70. The Morgan fingerprint density at radius 2 is 1.48 bits per heavy atom. The average Bonchev–Trinajstić information content (AvgIpc) is 2.78. The number of nitrogens with zero attached hydrogens (tertiary/aromatic N) is 1. The first kappa shape index (κ1) is 20.9. The summed E-state index contributed by atoms with van der Waals surface area (Å²) in [6, 6.07) is 23.4. The fraction of sp³-hybridized carbons (Fsp3) is 0.280. The quantitative estimate of drug-likeness (QED) is 0.597. The van der Waals surface area contributed by atoms with Crippen LogP contribution in [0.15, 0.2) is 72.8 Å². The van der Waals surface area contributed by atoms with E-state index in [0.29, 0.717) is 17.1 Å². The normalized spacial score (nSPS) is 14.3. The molecule has 0 saturated carbocycles. The molecule has 2 atom stereocenters. The van der Waals surface area contributed by atoms with E-state index < -0.39 is 5.60 Å². The van der Waals surface area contributed by atoms with Crippen LogP contribution in [0, 0.1) is 0 Å². The van der Waals surface area contributed by atoms with Crippen LogP contribution >= 0.6 is 0 Å². The molecule has 0 aromatic heterocycles. The zero-order valence-corrected chi connectivity index (χ0v) is 17.7. The maximum Gasteiger partial charge on any atom is 0.144 e. The highest BCUT2D eigenvalue weighted by Crippen LogP contribution is 2.45. The molecule has 0 spiro atoms. The van der Waals surface area contributed by atoms with Crippen molar-refractivity contribution >= 4 is 0 Å². The van der Waals surface area contributed by atoms with Gasteiger partial charge in [0.1, 0.15) is 17.1 Å². The van der Waals surface area contributed by atoms with Crippen LogP contribution in [-0.4, -0.2) is 38.3 Å². The molecule has 0 saturated heterocycles. The highest BCUT2D eigenvalue weighted by Gasteiger charge is 2.39. The van der Waals surface area contributed by atoms with Crippen molar-refractivity contribution < 1.29 is 14.6 Å². The third-order valence-electron chi connectivity index (χ3n) is 5.56. The fourth-order valence-corrected chi connectivity index (χ4v) is 3.70. The molecule has 0 fully saturated rings. The summed E-state index contributed by atoms with van der Waals surface area (Å²) >= 11 is 0. The van der Waals surface area contributed by atoms with Gasteiger partial charge in [-0.15, -0.1) is 0 Å². The number of hydrogen-bond donors (Lipinski definition) is 1. The Labute approximate surface area is 173 Å². The predicted molar refractivity (Wildman–Crippen MR) is 117 cm³/mol. The van der Waals surface area contributed by atoms with Crippen molar-refractivity contribution in [3.05, 3.63) is 95.1 Å². The summed E-state index contributed by atoms with van der Waals surface area (Å²) < 4.78 is 11.1. The molecule has 0 amide bonds. The molecule has 1 N–H and O–H groups in total. The molecule has 0 aliphatic rings. The first-order valence-electron chi connectivity index (χ1n) is 9.69. The second-order valence-electron chi connectivity index (χ2n) is 7.37. The van der Waals surface area contributed by atoms with Gasteiger partial charge in [-0.3, -0.25) is 0 Å². The molecule has 3 aromatic carbocycles. The third kappa shape index (κ3) is 3.86. The molecule has 152 valence electrons. The number of ether oxygens (including phenoxy) is 2. The summed E-state index contributed by atoms with van der Waals surface area (Å²) in [6.07, 6.45) is 0.